The quantitative estimate of drug-likeness (QED) is 0.739. The molecule has 2 rings (SSSR count). The molecule has 1 aliphatic rings. The number of hydrogen-bond donors (Lipinski definition) is 0. The summed E-state index contributed by atoms with van der Waals surface area (Å²) in [6.45, 7) is 0. The van der Waals surface area contributed by atoms with Crippen molar-refractivity contribution in [3.8, 4) is 0 Å². The molecule has 0 saturated carbocycles. The van der Waals surface area contributed by atoms with Crippen molar-refractivity contribution in [2.24, 2.45) is 7.05 Å². The van der Waals surface area contributed by atoms with Crippen LogP contribution in [-0.2, 0) is 7.05 Å². The Bertz CT molecular complexity index is 353. The summed E-state index contributed by atoms with van der Waals surface area (Å²) in [5, 5.41) is 8.07. The van der Waals surface area contributed by atoms with Gasteiger partial charge < -0.3 is 0 Å². The fourth-order valence-corrected chi connectivity index (χ4v) is 2.63. The highest BCUT2D eigenvalue weighted by Gasteiger charge is 2.18. The second kappa shape index (κ2) is 4.03. The van der Waals surface area contributed by atoms with Crippen LogP contribution in [0.25, 0.3) is 5.57 Å². The monoisotopic (exact) mass is 275 g/mol. The lowest BCUT2D eigenvalue weighted by molar-refractivity contribution is 0.692. The van der Waals surface area contributed by atoms with Crippen LogP contribution >= 0.6 is 27.5 Å². The predicted octanol–water partition coefficient (Wildman–Crippen LogP) is 2.75. The molecule has 1 aromatic heterocycles. The summed E-state index contributed by atoms with van der Waals surface area (Å²) < 4.78 is 2.59. The molecule has 0 fully saturated rings. The van der Waals surface area contributed by atoms with E-state index in [0.717, 1.165) is 29.6 Å². The molecule has 14 heavy (non-hydrogen) atoms. The van der Waals surface area contributed by atoms with Crippen LogP contribution in [0.1, 0.15) is 25.0 Å². The predicted molar refractivity (Wildman–Crippen MR) is 60.2 cm³/mol. The maximum Gasteiger partial charge on any atom is 0.155 e. The number of hydrogen-bond acceptors (Lipinski definition) is 2. The third kappa shape index (κ3) is 1.86. The molecule has 0 amide bonds. The number of aromatic nitrogens is 3. The molecule has 1 aromatic rings. The first-order valence-electron chi connectivity index (χ1n) is 4.59. The Balaban J connectivity index is 2.39. The molecule has 0 saturated heterocycles. The first kappa shape index (κ1) is 10.2. The Morgan fingerprint density at radius 3 is 3.00 bits per heavy atom. The summed E-state index contributed by atoms with van der Waals surface area (Å²) in [6.07, 6.45) is 5.36. The largest absolute Gasteiger partial charge is 0.247 e. The van der Waals surface area contributed by atoms with Gasteiger partial charge in [-0.15, -0.1) is 16.7 Å². The molecule has 3 nitrogen and oxygen atoms in total. The van der Waals surface area contributed by atoms with Crippen LogP contribution in [0.2, 0.25) is 0 Å². The van der Waals surface area contributed by atoms with Crippen molar-refractivity contribution < 1.29 is 0 Å². The molecule has 1 aliphatic carbocycles. The molecular formula is C9H11BrClN3. The molecule has 0 bridgehead atoms. The van der Waals surface area contributed by atoms with Crippen LogP contribution in [0, 0.1) is 0 Å². The van der Waals surface area contributed by atoms with E-state index in [2.05, 4.69) is 32.3 Å². The van der Waals surface area contributed by atoms with Crippen molar-refractivity contribution in [1.82, 2.24) is 15.0 Å². The van der Waals surface area contributed by atoms with Gasteiger partial charge in [-0.05, 0) is 40.8 Å². The number of nitrogens with zero attached hydrogens (tertiary/aromatic N) is 3. The van der Waals surface area contributed by atoms with E-state index in [1.807, 2.05) is 7.05 Å². The fraction of sp³-hybridized carbons (Fsp3) is 0.556. The van der Waals surface area contributed by atoms with E-state index in [1.54, 1.807) is 4.68 Å². The van der Waals surface area contributed by atoms with Crippen LogP contribution < -0.4 is 0 Å². The minimum absolute atomic E-state index is 0.153. The van der Waals surface area contributed by atoms with Gasteiger partial charge in [0, 0.05) is 7.05 Å². The zero-order chi connectivity index (χ0) is 10.1. The van der Waals surface area contributed by atoms with Crippen molar-refractivity contribution in [1.29, 1.82) is 0 Å². The average molecular weight is 277 g/mol. The molecule has 1 unspecified atom stereocenters. The zero-order valence-electron chi connectivity index (χ0n) is 7.87. The van der Waals surface area contributed by atoms with Gasteiger partial charge in [0.15, 0.2) is 4.60 Å². The van der Waals surface area contributed by atoms with Crippen molar-refractivity contribution in [3.63, 3.8) is 0 Å². The smallest absolute Gasteiger partial charge is 0.155 e. The molecule has 0 aliphatic heterocycles. The number of halogens is 2. The molecule has 0 radical (unpaired) electrons. The number of allylic oxidation sites excluding steroid dienone is 2. The third-order valence-electron chi connectivity index (χ3n) is 2.40. The van der Waals surface area contributed by atoms with E-state index in [9.17, 15) is 0 Å². The van der Waals surface area contributed by atoms with E-state index in [0.29, 0.717) is 0 Å². The van der Waals surface area contributed by atoms with E-state index in [-0.39, 0.29) is 5.38 Å². The highest BCUT2D eigenvalue weighted by molar-refractivity contribution is 9.10. The lowest BCUT2D eigenvalue weighted by Gasteiger charge is -2.16. The van der Waals surface area contributed by atoms with E-state index in [4.69, 9.17) is 11.6 Å². The fourth-order valence-electron chi connectivity index (χ4n) is 1.74. The minimum atomic E-state index is 0.153. The molecule has 0 spiro atoms. The Labute approximate surface area is 96.3 Å². The molecule has 0 N–H and O–H groups in total. The molecule has 0 aromatic carbocycles. The molecule has 1 heterocycles. The Kier molecular flexibility index (Phi) is 2.93. The Morgan fingerprint density at radius 1 is 1.64 bits per heavy atom. The van der Waals surface area contributed by atoms with Gasteiger partial charge in [0.25, 0.3) is 0 Å². The second-order valence-corrected chi connectivity index (χ2v) is 4.76. The summed E-state index contributed by atoms with van der Waals surface area (Å²) in [5.74, 6) is 0. The van der Waals surface area contributed by atoms with Crippen molar-refractivity contribution in [3.05, 3.63) is 16.4 Å². The standard InChI is InChI=1S/C9H11BrClN3/c1-14-8(9(10)12-13-14)6-3-2-4-7(11)5-6/h5,7H,2-4H2,1H3. The van der Waals surface area contributed by atoms with E-state index >= 15 is 0 Å². The van der Waals surface area contributed by atoms with Gasteiger partial charge in [-0.2, -0.15) is 0 Å². The van der Waals surface area contributed by atoms with E-state index in [1.165, 1.54) is 5.57 Å². The summed E-state index contributed by atoms with van der Waals surface area (Å²) in [4.78, 5) is 0. The molecular weight excluding hydrogens is 265 g/mol. The SMILES string of the molecule is Cn1nnc(Br)c1C1=CC(Cl)CCC1. The van der Waals surface area contributed by atoms with Gasteiger partial charge in [0.1, 0.15) is 0 Å². The summed E-state index contributed by atoms with van der Waals surface area (Å²) >= 11 is 9.49. The van der Waals surface area contributed by atoms with Crippen LogP contribution in [0.3, 0.4) is 0 Å². The van der Waals surface area contributed by atoms with Crippen molar-refractivity contribution >= 4 is 33.1 Å². The zero-order valence-corrected chi connectivity index (χ0v) is 10.2. The highest BCUT2D eigenvalue weighted by Crippen LogP contribution is 2.31. The van der Waals surface area contributed by atoms with Gasteiger partial charge >= 0.3 is 0 Å². The van der Waals surface area contributed by atoms with Gasteiger partial charge in [0.05, 0.1) is 11.1 Å². The van der Waals surface area contributed by atoms with Gasteiger partial charge in [0.2, 0.25) is 0 Å². The molecule has 76 valence electrons. The molecule has 1 atom stereocenters. The van der Waals surface area contributed by atoms with Gasteiger partial charge in [-0.1, -0.05) is 11.3 Å². The average Bonchev–Trinajstić information content (AvgIpc) is 2.46. The highest BCUT2D eigenvalue weighted by atomic mass is 79.9. The van der Waals surface area contributed by atoms with E-state index < -0.39 is 0 Å². The van der Waals surface area contributed by atoms with Crippen LogP contribution in [0.15, 0.2) is 10.7 Å². The summed E-state index contributed by atoms with van der Waals surface area (Å²) in [7, 11) is 1.89. The van der Waals surface area contributed by atoms with Gasteiger partial charge in [-0.3, -0.25) is 0 Å². The maximum absolute atomic E-state index is 6.09. The second-order valence-electron chi connectivity index (χ2n) is 3.45. The molecule has 5 heteroatoms. The number of alkyl halides is 1. The van der Waals surface area contributed by atoms with Crippen LogP contribution in [0.5, 0.6) is 0 Å². The van der Waals surface area contributed by atoms with Crippen molar-refractivity contribution in [2.45, 2.75) is 24.6 Å². The van der Waals surface area contributed by atoms with Crippen molar-refractivity contribution in [2.75, 3.05) is 0 Å². The van der Waals surface area contributed by atoms with Gasteiger partial charge in [-0.25, -0.2) is 4.68 Å². The first-order chi connectivity index (χ1) is 6.68. The normalized spacial score (nSPS) is 22.2. The van der Waals surface area contributed by atoms with Crippen LogP contribution in [0.4, 0.5) is 0 Å². The van der Waals surface area contributed by atoms with Crippen LogP contribution in [-0.4, -0.2) is 20.4 Å². The maximum atomic E-state index is 6.09. The third-order valence-corrected chi connectivity index (χ3v) is 3.28. The summed E-state index contributed by atoms with van der Waals surface area (Å²) in [5.41, 5.74) is 2.30. The lowest BCUT2D eigenvalue weighted by atomic mass is 9.97. The Hall–Kier alpha value is -0.350. The first-order valence-corrected chi connectivity index (χ1v) is 5.81. The Morgan fingerprint density at radius 2 is 2.43 bits per heavy atom. The topological polar surface area (TPSA) is 30.7 Å². The summed E-state index contributed by atoms with van der Waals surface area (Å²) in [6, 6.07) is 0. The number of aryl methyl sites for hydroxylation is 1. The minimum Gasteiger partial charge on any atom is -0.247 e. The number of rotatable bonds is 1. The lowest BCUT2D eigenvalue weighted by Crippen LogP contribution is -2.06.